The third kappa shape index (κ3) is 6.12. The van der Waals surface area contributed by atoms with Crippen LogP contribution in [0.15, 0.2) is 70.6 Å². The number of esters is 1. The van der Waals surface area contributed by atoms with Crippen molar-refractivity contribution in [1.82, 2.24) is 4.90 Å². The average Bonchev–Trinajstić information content (AvgIpc) is 3.16. The van der Waals surface area contributed by atoms with Crippen molar-refractivity contribution in [1.29, 1.82) is 0 Å². The zero-order valence-electron chi connectivity index (χ0n) is 20.2. The lowest BCUT2D eigenvalue weighted by Gasteiger charge is -2.13. The van der Waals surface area contributed by atoms with E-state index in [4.69, 9.17) is 25.8 Å². The number of hydrogen-bond acceptors (Lipinski definition) is 7. The van der Waals surface area contributed by atoms with Gasteiger partial charge in [0, 0.05) is 7.05 Å². The second-order valence-electron chi connectivity index (χ2n) is 7.86. The molecule has 4 rings (SSSR count). The molecule has 1 aliphatic rings. The van der Waals surface area contributed by atoms with E-state index in [-0.39, 0.29) is 18.3 Å². The Kier molecular flexibility index (Phi) is 8.15. The summed E-state index contributed by atoms with van der Waals surface area (Å²) in [5, 5.41) is 0.788. The molecule has 1 saturated heterocycles. The number of nitrogens with zero attached hydrogens (tertiary/aromatic N) is 2. The van der Waals surface area contributed by atoms with Gasteiger partial charge in [0.15, 0.2) is 16.7 Å². The second kappa shape index (κ2) is 11.5. The topological polar surface area (TPSA) is 77.4 Å². The molecule has 1 amide bonds. The van der Waals surface area contributed by atoms with Crippen LogP contribution >= 0.6 is 23.4 Å². The van der Waals surface area contributed by atoms with Crippen LogP contribution in [0.1, 0.15) is 21.5 Å². The number of aliphatic imine (C=N–C) groups is 1. The molecule has 0 bridgehead atoms. The molecule has 0 N–H and O–H groups in total. The average molecular weight is 541 g/mol. The standard InChI is InChI=1S/C27H22ClFN2O5S/c1-31-25(32)23(37-27(31)30-20-10-6-18(7-11-20)26(33)35-3)14-17-12-21(28)24(22(13-17)34-2)36-15-16-4-8-19(29)9-5-16/h4-14H,15H2,1-3H3/b23-14-,30-27?. The first kappa shape index (κ1) is 26.2. The third-order valence-electron chi connectivity index (χ3n) is 5.36. The molecule has 0 aromatic heterocycles. The first-order valence-corrected chi connectivity index (χ1v) is 12.2. The summed E-state index contributed by atoms with van der Waals surface area (Å²) in [6.45, 7) is 0.177. The van der Waals surface area contributed by atoms with Crippen LogP contribution in [-0.2, 0) is 16.1 Å². The van der Waals surface area contributed by atoms with Crippen molar-refractivity contribution in [3.8, 4) is 11.5 Å². The van der Waals surface area contributed by atoms with Crippen LogP contribution in [0.3, 0.4) is 0 Å². The molecular formula is C27H22ClFN2O5S. The van der Waals surface area contributed by atoms with Gasteiger partial charge in [-0.1, -0.05) is 23.7 Å². The van der Waals surface area contributed by atoms with Gasteiger partial charge in [-0.15, -0.1) is 0 Å². The smallest absolute Gasteiger partial charge is 0.337 e. The molecule has 3 aromatic rings. The Labute approximate surface area is 222 Å². The van der Waals surface area contributed by atoms with Crippen LogP contribution in [0.4, 0.5) is 10.1 Å². The van der Waals surface area contributed by atoms with Gasteiger partial charge >= 0.3 is 5.97 Å². The molecule has 0 saturated carbocycles. The number of carbonyl (C=O) groups is 2. The lowest BCUT2D eigenvalue weighted by molar-refractivity contribution is -0.121. The van der Waals surface area contributed by atoms with E-state index in [2.05, 4.69) is 4.99 Å². The predicted octanol–water partition coefficient (Wildman–Crippen LogP) is 6.09. The Hall–Kier alpha value is -3.82. The number of amidine groups is 1. The maximum atomic E-state index is 13.1. The second-order valence-corrected chi connectivity index (χ2v) is 9.27. The van der Waals surface area contributed by atoms with Gasteiger partial charge in [-0.05, 0) is 77.5 Å². The number of rotatable bonds is 7. The number of halogens is 2. The molecule has 1 heterocycles. The van der Waals surface area contributed by atoms with Crippen LogP contribution in [0.25, 0.3) is 6.08 Å². The van der Waals surface area contributed by atoms with Crippen molar-refractivity contribution in [3.05, 3.63) is 93.1 Å². The van der Waals surface area contributed by atoms with Crippen LogP contribution in [0, 0.1) is 5.82 Å². The maximum absolute atomic E-state index is 13.1. The summed E-state index contributed by atoms with van der Waals surface area (Å²) in [5.41, 5.74) is 2.41. The molecule has 10 heteroatoms. The number of benzene rings is 3. The highest BCUT2D eigenvalue weighted by atomic mass is 35.5. The van der Waals surface area contributed by atoms with Crippen LogP contribution in [0.5, 0.6) is 11.5 Å². The lowest BCUT2D eigenvalue weighted by atomic mass is 10.1. The van der Waals surface area contributed by atoms with E-state index in [1.165, 1.54) is 43.0 Å². The van der Waals surface area contributed by atoms with E-state index in [1.807, 2.05) is 0 Å². The van der Waals surface area contributed by atoms with Gasteiger partial charge in [-0.2, -0.15) is 0 Å². The summed E-state index contributed by atoms with van der Waals surface area (Å²) in [6, 6.07) is 15.9. The summed E-state index contributed by atoms with van der Waals surface area (Å²) in [7, 11) is 4.45. The molecule has 190 valence electrons. The summed E-state index contributed by atoms with van der Waals surface area (Å²) in [4.78, 5) is 30.9. The normalized spacial score (nSPS) is 15.4. The SMILES string of the molecule is COC(=O)c1ccc(N=C2S/C(=C\c3cc(Cl)c(OCc4ccc(F)cc4)c(OC)c3)C(=O)N2C)cc1. The highest BCUT2D eigenvalue weighted by molar-refractivity contribution is 8.18. The van der Waals surface area contributed by atoms with Gasteiger partial charge in [0.05, 0.1) is 35.4 Å². The van der Waals surface area contributed by atoms with E-state index in [1.54, 1.807) is 61.7 Å². The van der Waals surface area contributed by atoms with E-state index in [0.717, 1.165) is 5.56 Å². The third-order valence-corrected chi connectivity index (χ3v) is 6.70. The Morgan fingerprint density at radius 2 is 1.81 bits per heavy atom. The van der Waals surface area contributed by atoms with Gasteiger partial charge in [-0.3, -0.25) is 9.69 Å². The van der Waals surface area contributed by atoms with Gasteiger partial charge in [0.1, 0.15) is 12.4 Å². The molecule has 1 fully saturated rings. The Balaban J connectivity index is 1.54. The molecule has 0 radical (unpaired) electrons. The van der Waals surface area contributed by atoms with E-state index in [0.29, 0.717) is 43.4 Å². The van der Waals surface area contributed by atoms with Crippen molar-refractivity contribution < 1.29 is 28.2 Å². The van der Waals surface area contributed by atoms with E-state index < -0.39 is 5.97 Å². The summed E-state index contributed by atoms with van der Waals surface area (Å²) >= 11 is 7.70. The zero-order valence-corrected chi connectivity index (χ0v) is 21.7. The van der Waals surface area contributed by atoms with Crippen molar-refractivity contribution in [2.75, 3.05) is 21.3 Å². The fourth-order valence-electron chi connectivity index (χ4n) is 3.40. The zero-order chi connectivity index (χ0) is 26.5. The molecule has 0 atom stereocenters. The van der Waals surface area contributed by atoms with Crippen molar-refractivity contribution in [3.63, 3.8) is 0 Å². The minimum absolute atomic E-state index is 0.177. The molecule has 0 unspecified atom stereocenters. The largest absolute Gasteiger partial charge is 0.493 e. The molecular weight excluding hydrogens is 519 g/mol. The van der Waals surface area contributed by atoms with Crippen molar-refractivity contribution >= 4 is 52.2 Å². The molecule has 1 aliphatic heterocycles. The Morgan fingerprint density at radius 3 is 2.46 bits per heavy atom. The number of thioether (sulfide) groups is 1. The number of methoxy groups -OCH3 is 2. The van der Waals surface area contributed by atoms with Crippen LogP contribution < -0.4 is 9.47 Å². The fraction of sp³-hybridized carbons (Fsp3) is 0.148. The first-order chi connectivity index (χ1) is 17.8. The summed E-state index contributed by atoms with van der Waals surface area (Å²) in [5.74, 6) is -0.248. The van der Waals surface area contributed by atoms with Crippen LogP contribution in [-0.4, -0.2) is 43.2 Å². The van der Waals surface area contributed by atoms with E-state index >= 15 is 0 Å². The number of ether oxygens (including phenoxy) is 3. The minimum Gasteiger partial charge on any atom is -0.493 e. The van der Waals surface area contributed by atoms with Gasteiger partial charge in [0.2, 0.25) is 0 Å². The molecule has 0 aliphatic carbocycles. The summed E-state index contributed by atoms with van der Waals surface area (Å²) in [6.07, 6.45) is 1.70. The van der Waals surface area contributed by atoms with Crippen molar-refractivity contribution in [2.45, 2.75) is 6.61 Å². The summed E-state index contributed by atoms with van der Waals surface area (Å²) < 4.78 is 29.1. The highest BCUT2D eigenvalue weighted by Crippen LogP contribution is 2.39. The Bertz CT molecular complexity index is 1390. The molecule has 0 spiro atoms. The van der Waals surface area contributed by atoms with Gasteiger partial charge in [0.25, 0.3) is 5.91 Å². The number of carbonyl (C=O) groups excluding carboxylic acids is 2. The predicted molar refractivity (Wildman–Crippen MR) is 142 cm³/mol. The minimum atomic E-state index is -0.437. The number of hydrogen-bond donors (Lipinski definition) is 0. The number of likely N-dealkylation sites (N-methyl/N-ethyl adjacent to an activating group) is 1. The monoisotopic (exact) mass is 540 g/mol. The van der Waals surface area contributed by atoms with Crippen molar-refractivity contribution in [2.24, 2.45) is 4.99 Å². The quantitative estimate of drug-likeness (QED) is 0.267. The lowest BCUT2D eigenvalue weighted by Crippen LogP contribution is -2.23. The first-order valence-electron chi connectivity index (χ1n) is 11.0. The van der Waals surface area contributed by atoms with Gasteiger partial charge < -0.3 is 14.2 Å². The number of amides is 1. The highest BCUT2D eigenvalue weighted by Gasteiger charge is 2.30. The Morgan fingerprint density at radius 1 is 1.11 bits per heavy atom. The van der Waals surface area contributed by atoms with Gasteiger partial charge in [-0.25, -0.2) is 14.2 Å². The molecule has 37 heavy (non-hydrogen) atoms. The van der Waals surface area contributed by atoms with Crippen LogP contribution in [0.2, 0.25) is 5.02 Å². The fourth-order valence-corrected chi connectivity index (χ4v) is 4.66. The molecule has 3 aromatic carbocycles. The van der Waals surface area contributed by atoms with E-state index in [9.17, 15) is 14.0 Å². The molecule has 7 nitrogen and oxygen atoms in total. The maximum Gasteiger partial charge on any atom is 0.337 e.